The van der Waals surface area contributed by atoms with E-state index in [9.17, 15) is 9.59 Å². The zero-order valence-electron chi connectivity index (χ0n) is 12.9. The molecule has 0 bridgehead atoms. The van der Waals surface area contributed by atoms with Crippen LogP contribution >= 0.6 is 24.4 Å². The van der Waals surface area contributed by atoms with Gasteiger partial charge in [-0.3, -0.25) is 4.79 Å². The quantitative estimate of drug-likeness (QED) is 0.304. The van der Waals surface area contributed by atoms with Gasteiger partial charge in [0.1, 0.15) is 5.78 Å². The Balaban J connectivity index is 1.49. The van der Waals surface area contributed by atoms with Gasteiger partial charge >= 0.3 is 6.03 Å². The smallest absolute Gasteiger partial charge is 0.315 e. The largest absolute Gasteiger partial charge is 0.381 e. The van der Waals surface area contributed by atoms with E-state index in [4.69, 9.17) is 4.74 Å². The number of hydrogen-bond donors (Lipinski definition) is 3. The van der Waals surface area contributed by atoms with Crippen LogP contribution in [0.4, 0.5) is 4.79 Å². The Morgan fingerprint density at radius 2 is 2.05 bits per heavy atom. The van der Waals surface area contributed by atoms with E-state index in [0.717, 1.165) is 37.2 Å². The van der Waals surface area contributed by atoms with Gasteiger partial charge in [-0.15, -0.1) is 0 Å². The summed E-state index contributed by atoms with van der Waals surface area (Å²) in [6, 6.07) is 0.536. The van der Waals surface area contributed by atoms with Crippen LogP contribution in [0.1, 0.15) is 38.5 Å². The summed E-state index contributed by atoms with van der Waals surface area (Å²) in [5, 5.41) is 6.45. The van der Waals surface area contributed by atoms with E-state index in [0.29, 0.717) is 43.1 Å². The van der Waals surface area contributed by atoms with E-state index in [1.165, 1.54) is 0 Å². The van der Waals surface area contributed by atoms with Crippen LogP contribution in [-0.2, 0) is 9.53 Å². The molecule has 2 amide bonds. The van der Waals surface area contributed by atoms with Crippen LogP contribution in [0.3, 0.4) is 0 Å². The fourth-order valence-electron chi connectivity index (χ4n) is 2.97. The number of thioether (sulfide) groups is 1. The summed E-state index contributed by atoms with van der Waals surface area (Å²) >= 11 is 6.00. The molecule has 0 spiro atoms. The van der Waals surface area contributed by atoms with Gasteiger partial charge < -0.3 is 15.4 Å². The molecule has 5 nitrogen and oxygen atoms in total. The summed E-state index contributed by atoms with van der Waals surface area (Å²) in [5.41, 5.74) is 0. The lowest BCUT2D eigenvalue weighted by atomic mass is 10.0. The molecule has 22 heavy (non-hydrogen) atoms. The van der Waals surface area contributed by atoms with E-state index in [1.807, 2.05) is 11.8 Å². The van der Waals surface area contributed by atoms with Crippen molar-refractivity contribution in [2.75, 3.05) is 24.7 Å². The minimum atomic E-state index is -0.0318. The highest BCUT2D eigenvalue weighted by Gasteiger charge is 2.42. The highest BCUT2D eigenvalue weighted by Crippen LogP contribution is 2.33. The van der Waals surface area contributed by atoms with Gasteiger partial charge in [0.25, 0.3) is 0 Å². The zero-order valence-corrected chi connectivity index (χ0v) is 14.6. The molecule has 0 aromatic rings. The average molecular weight is 347 g/mol. The molecule has 2 saturated heterocycles. The van der Waals surface area contributed by atoms with Crippen molar-refractivity contribution in [1.29, 1.82) is 0 Å². The number of unbranched alkanes of at least 4 members (excludes halogenated alkanes) is 1. The molecule has 2 fully saturated rings. The second-order valence-electron chi connectivity index (χ2n) is 5.85. The van der Waals surface area contributed by atoms with Crippen LogP contribution in [0.25, 0.3) is 0 Å². The number of nitrogens with one attached hydrogen (secondary N) is 2. The third-order valence-electron chi connectivity index (χ3n) is 4.11. The number of rotatable bonds is 11. The van der Waals surface area contributed by atoms with Crippen LogP contribution in [0, 0.1) is 0 Å². The van der Waals surface area contributed by atoms with Crippen LogP contribution in [-0.4, -0.2) is 53.9 Å². The lowest BCUT2D eigenvalue weighted by molar-refractivity contribution is -0.119. The molecule has 7 heteroatoms. The summed E-state index contributed by atoms with van der Waals surface area (Å²) in [4.78, 5) is 23.1. The second-order valence-corrected chi connectivity index (χ2v) is 7.57. The lowest BCUT2D eigenvalue weighted by Crippen LogP contribution is -2.36. The zero-order chi connectivity index (χ0) is 15.8. The van der Waals surface area contributed by atoms with Crippen molar-refractivity contribution in [3.8, 4) is 0 Å². The van der Waals surface area contributed by atoms with Gasteiger partial charge in [-0.05, 0) is 19.3 Å². The molecule has 0 aromatic heterocycles. The minimum absolute atomic E-state index is 0.0318. The number of ketones is 1. The molecule has 0 aliphatic carbocycles. The SMILES string of the molecule is O=C(CCCCC1SCC2NC(=O)NC21)CCCOCCS. The number of fused-ring (bicyclic) bond motifs is 1. The standard InChI is InChI=1S/C15H26N2O3S2/c18-11(5-3-7-20-8-9-21)4-1-2-6-13-14-12(10-22-13)16-15(19)17-14/h12-14,21H,1-10H2,(H2,16,17,19). The van der Waals surface area contributed by atoms with Crippen LogP contribution in [0.15, 0.2) is 0 Å². The number of urea groups is 1. The summed E-state index contributed by atoms with van der Waals surface area (Å²) < 4.78 is 5.30. The first kappa shape index (κ1) is 17.9. The van der Waals surface area contributed by atoms with E-state index in [2.05, 4.69) is 23.3 Å². The Morgan fingerprint density at radius 1 is 1.23 bits per heavy atom. The number of amides is 2. The molecular formula is C15H26N2O3S2. The Kier molecular flexibility index (Phi) is 7.89. The highest BCUT2D eigenvalue weighted by atomic mass is 32.2. The molecule has 2 N–H and O–H groups in total. The van der Waals surface area contributed by atoms with Gasteiger partial charge in [0.05, 0.1) is 18.7 Å². The van der Waals surface area contributed by atoms with Gasteiger partial charge in [0.15, 0.2) is 0 Å². The van der Waals surface area contributed by atoms with Crippen LogP contribution in [0.2, 0.25) is 0 Å². The first-order valence-electron chi connectivity index (χ1n) is 8.09. The molecule has 3 unspecified atom stereocenters. The van der Waals surface area contributed by atoms with E-state index in [1.54, 1.807) is 0 Å². The van der Waals surface area contributed by atoms with Gasteiger partial charge in [-0.2, -0.15) is 24.4 Å². The molecule has 2 aliphatic heterocycles. The fourth-order valence-corrected chi connectivity index (χ4v) is 4.65. The number of ether oxygens (including phenoxy) is 1. The minimum Gasteiger partial charge on any atom is -0.381 e. The number of hydrogen-bond acceptors (Lipinski definition) is 5. The molecule has 2 rings (SSSR count). The van der Waals surface area contributed by atoms with Crippen molar-refractivity contribution < 1.29 is 14.3 Å². The first-order chi connectivity index (χ1) is 10.7. The molecule has 0 radical (unpaired) electrons. The van der Waals surface area contributed by atoms with Crippen molar-refractivity contribution >= 4 is 36.2 Å². The van der Waals surface area contributed by atoms with E-state index >= 15 is 0 Å². The average Bonchev–Trinajstić information content (AvgIpc) is 3.03. The number of Topliss-reactive ketones (excluding diaryl/α,β-unsaturated/α-hetero) is 1. The highest BCUT2D eigenvalue weighted by molar-refractivity contribution is 8.00. The molecule has 126 valence electrons. The predicted molar refractivity (Wildman–Crippen MR) is 92.9 cm³/mol. The van der Waals surface area contributed by atoms with Gasteiger partial charge in [-0.25, -0.2) is 4.79 Å². The van der Waals surface area contributed by atoms with Gasteiger partial charge in [0.2, 0.25) is 0 Å². The lowest BCUT2D eigenvalue weighted by Gasteiger charge is -2.16. The van der Waals surface area contributed by atoms with Crippen molar-refractivity contribution in [1.82, 2.24) is 10.6 Å². The third-order valence-corrected chi connectivity index (χ3v) is 5.80. The molecule has 3 atom stereocenters. The molecule has 2 heterocycles. The fraction of sp³-hybridized carbons (Fsp3) is 0.867. The van der Waals surface area contributed by atoms with Gasteiger partial charge in [-0.1, -0.05) is 6.42 Å². The summed E-state index contributed by atoms with van der Waals surface area (Å²) in [7, 11) is 0. The third kappa shape index (κ3) is 5.66. The van der Waals surface area contributed by atoms with Crippen molar-refractivity contribution in [2.45, 2.75) is 55.9 Å². The van der Waals surface area contributed by atoms with E-state index < -0.39 is 0 Å². The van der Waals surface area contributed by atoms with Crippen molar-refractivity contribution in [3.63, 3.8) is 0 Å². The summed E-state index contributed by atoms with van der Waals surface area (Å²) in [6.45, 7) is 1.31. The Hall–Kier alpha value is -0.400. The van der Waals surface area contributed by atoms with Crippen molar-refractivity contribution in [2.24, 2.45) is 0 Å². The Morgan fingerprint density at radius 3 is 2.86 bits per heavy atom. The van der Waals surface area contributed by atoms with E-state index in [-0.39, 0.29) is 12.1 Å². The molecule has 2 aliphatic rings. The summed E-state index contributed by atoms with van der Waals surface area (Å²) in [5.74, 6) is 2.06. The predicted octanol–water partition coefficient (Wildman–Crippen LogP) is 2.01. The Labute approximate surface area is 142 Å². The second kappa shape index (κ2) is 9.67. The Bertz CT molecular complexity index is 382. The maximum Gasteiger partial charge on any atom is 0.315 e. The maximum absolute atomic E-state index is 11.8. The van der Waals surface area contributed by atoms with Gasteiger partial charge in [0, 0.05) is 36.2 Å². The topological polar surface area (TPSA) is 67.4 Å². The summed E-state index contributed by atoms with van der Waals surface area (Å²) in [6.07, 6.45) is 5.18. The van der Waals surface area contributed by atoms with Crippen molar-refractivity contribution in [3.05, 3.63) is 0 Å². The first-order valence-corrected chi connectivity index (χ1v) is 9.78. The maximum atomic E-state index is 11.8. The number of carbonyl (C=O) groups excluding carboxylic acids is 2. The number of thiol groups is 1. The number of carbonyl (C=O) groups is 2. The monoisotopic (exact) mass is 346 g/mol. The molecular weight excluding hydrogens is 320 g/mol. The normalized spacial score (nSPS) is 26.6. The van der Waals surface area contributed by atoms with Crippen LogP contribution in [0.5, 0.6) is 0 Å². The van der Waals surface area contributed by atoms with Crippen LogP contribution < -0.4 is 10.6 Å². The molecule has 0 saturated carbocycles. The molecule has 0 aromatic carbocycles.